The molecule has 1 aromatic heterocycles. The topological polar surface area (TPSA) is 58.6 Å². The molecule has 2 heterocycles. The van der Waals surface area contributed by atoms with Gasteiger partial charge in [-0.2, -0.15) is 0 Å². The Balaban J connectivity index is 2.08. The van der Waals surface area contributed by atoms with E-state index in [1.54, 1.807) is 7.11 Å². The molecule has 1 aliphatic rings. The van der Waals surface area contributed by atoms with Gasteiger partial charge in [0, 0.05) is 32.2 Å². The molecule has 1 aliphatic heterocycles. The van der Waals surface area contributed by atoms with Crippen molar-refractivity contribution < 1.29 is 9.53 Å². The minimum atomic E-state index is 0.0552. The highest BCUT2D eigenvalue weighted by Crippen LogP contribution is 2.24. The van der Waals surface area contributed by atoms with Crippen LogP contribution in [0.3, 0.4) is 0 Å². The SMILES string of the molecule is CCN(CC)C(=O)[C@@H]1CCCN(c2cc(OC)ncn2)C1. The third kappa shape index (κ3) is 3.62. The van der Waals surface area contributed by atoms with Crippen LogP contribution < -0.4 is 9.64 Å². The van der Waals surface area contributed by atoms with Crippen molar-refractivity contribution in [1.29, 1.82) is 0 Å². The summed E-state index contributed by atoms with van der Waals surface area (Å²) in [6.07, 6.45) is 3.46. The van der Waals surface area contributed by atoms with E-state index in [0.717, 1.165) is 44.8 Å². The second kappa shape index (κ2) is 7.24. The quantitative estimate of drug-likeness (QED) is 0.824. The predicted molar refractivity (Wildman–Crippen MR) is 81.4 cm³/mol. The van der Waals surface area contributed by atoms with Crippen molar-refractivity contribution >= 4 is 11.7 Å². The molecule has 0 aliphatic carbocycles. The molecule has 6 nitrogen and oxygen atoms in total. The zero-order valence-corrected chi connectivity index (χ0v) is 13.1. The Labute approximate surface area is 126 Å². The van der Waals surface area contributed by atoms with Crippen molar-refractivity contribution in [2.24, 2.45) is 5.92 Å². The summed E-state index contributed by atoms with van der Waals surface area (Å²) < 4.78 is 5.14. The molecular weight excluding hydrogens is 268 g/mol. The Morgan fingerprint density at radius 3 is 2.86 bits per heavy atom. The Bertz CT molecular complexity index is 476. The Morgan fingerprint density at radius 2 is 2.19 bits per heavy atom. The normalized spacial score (nSPS) is 18.4. The zero-order chi connectivity index (χ0) is 15.2. The summed E-state index contributed by atoms with van der Waals surface area (Å²) in [5.41, 5.74) is 0. The summed E-state index contributed by atoms with van der Waals surface area (Å²) in [6.45, 7) is 7.23. The van der Waals surface area contributed by atoms with Gasteiger partial charge in [-0.1, -0.05) is 0 Å². The van der Waals surface area contributed by atoms with Crippen molar-refractivity contribution in [3.05, 3.63) is 12.4 Å². The van der Waals surface area contributed by atoms with E-state index in [9.17, 15) is 4.79 Å². The first kappa shape index (κ1) is 15.5. The number of anilines is 1. The fourth-order valence-electron chi connectivity index (χ4n) is 2.79. The molecule has 1 aromatic rings. The summed E-state index contributed by atoms with van der Waals surface area (Å²) in [6, 6.07) is 1.82. The number of ether oxygens (including phenoxy) is 1. The van der Waals surface area contributed by atoms with E-state index in [1.165, 1.54) is 6.33 Å². The first-order chi connectivity index (χ1) is 10.2. The van der Waals surface area contributed by atoms with Crippen molar-refractivity contribution in [1.82, 2.24) is 14.9 Å². The number of aromatic nitrogens is 2. The van der Waals surface area contributed by atoms with Gasteiger partial charge in [0.05, 0.1) is 13.0 Å². The van der Waals surface area contributed by atoms with Crippen LogP contribution in [0.2, 0.25) is 0 Å². The standard InChI is InChI=1S/C15H24N4O2/c1-4-18(5-2)15(20)12-7-6-8-19(10-12)13-9-14(21-3)17-11-16-13/h9,11-12H,4-8,10H2,1-3H3/t12-/m1/s1. The van der Waals surface area contributed by atoms with Crippen LogP contribution in [-0.2, 0) is 4.79 Å². The van der Waals surface area contributed by atoms with Crippen LogP contribution in [-0.4, -0.2) is 54.1 Å². The maximum Gasteiger partial charge on any atom is 0.227 e. The van der Waals surface area contributed by atoms with Crippen LogP contribution in [0.1, 0.15) is 26.7 Å². The van der Waals surface area contributed by atoms with Crippen LogP contribution >= 0.6 is 0 Å². The van der Waals surface area contributed by atoms with Crippen LogP contribution in [0, 0.1) is 5.92 Å². The molecule has 0 spiro atoms. The minimum Gasteiger partial charge on any atom is -0.481 e. The van der Waals surface area contributed by atoms with Crippen molar-refractivity contribution in [2.45, 2.75) is 26.7 Å². The molecule has 2 rings (SSSR count). The van der Waals surface area contributed by atoms with Gasteiger partial charge in [-0.05, 0) is 26.7 Å². The van der Waals surface area contributed by atoms with E-state index in [2.05, 4.69) is 14.9 Å². The molecule has 0 unspecified atom stereocenters. The van der Waals surface area contributed by atoms with Gasteiger partial charge in [-0.25, -0.2) is 9.97 Å². The second-order valence-corrected chi connectivity index (χ2v) is 5.21. The molecular formula is C15H24N4O2. The van der Waals surface area contributed by atoms with Crippen LogP contribution in [0.4, 0.5) is 5.82 Å². The molecule has 21 heavy (non-hydrogen) atoms. The molecule has 0 aromatic carbocycles. The number of rotatable bonds is 5. The van der Waals surface area contributed by atoms with Crippen molar-refractivity contribution in [2.75, 3.05) is 38.2 Å². The summed E-state index contributed by atoms with van der Waals surface area (Å²) >= 11 is 0. The molecule has 0 saturated carbocycles. The molecule has 1 fully saturated rings. The van der Waals surface area contributed by atoms with Crippen molar-refractivity contribution in [3.63, 3.8) is 0 Å². The maximum absolute atomic E-state index is 12.5. The number of piperidine rings is 1. The average Bonchev–Trinajstić information content (AvgIpc) is 2.56. The van der Waals surface area contributed by atoms with E-state index < -0.39 is 0 Å². The van der Waals surface area contributed by atoms with E-state index in [-0.39, 0.29) is 11.8 Å². The fourth-order valence-corrected chi connectivity index (χ4v) is 2.79. The highest BCUT2D eigenvalue weighted by atomic mass is 16.5. The van der Waals surface area contributed by atoms with Crippen LogP contribution in [0.5, 0.6) is 5.88 Å². The van der Waals surface area contributed by atoms with Gasteiger partial charge in [0.25, 0.3) is 0 Å². The largest absolute Gasteiger partial charge is 0.481 e. The number of hydrogen-bond donors (Lipinski definition) is 0. The van der Waals surface area contributed by atoms with Gasteiger partial charge in [-0.3, -0.25) is 4.79 Å². The molecule has 1 amide bonds. The lowest BCUT2D eigenvalue weighted by molar-refractivity contribution is -0.135. The molecule has 6 heteroatoms. The average molecular weight is 292 g/mol. The maximum atomic E-state index is 12.5. The number of amides is 1. The smallest absolute Gasteiger partial charge is 0.227 e. The van der Waals surface area contributed by atoms with E-state index in [0.29, 0.717) is 5.88 Å². The predicted octanol–water partition coefficient (Wildman–Crippen LogP) is 1.57. The van der Waals surface area contributed by atoms with Crippen molar-refractivity contribution in [3.8, 4) is 5.88 Å². The monoisotopic (exact) mass is 292 g/mol. The Morgan fingerprint density at radius 1 is 1.43 bits per heavy atom. The molecule has 1 atom stereocenters. The van der Waals surface area contributed by atoms with E-state index in [4.69, 9.17) is 4.74 Å². The van der Waals surface area contributed by atoms with E-state index >= 15 is 0 Å². The van der Waals surface area contributed by atoms with Gasteiger partial charge in [0.2, 0.25) is 11.8 Å². The summed E-state index contributed by atoms with van der Waals surface area (Å²) in [5.74, 6) is 1.70. The molecule has 0 bridgehead atoms. The number of hydrogen-bond acceptors (Lipinski definition) is 5. The van der Waals surface area contributed by atoms with Gasteiger partial charge in [-0.15, -0.1) is 0 Å². The highest BCUT2D eigenvalue weighted by molar-refractivity contribution is 5.79. The van der Waals surface area contributed by atoms with Gasteiger partial charge in [0.15, 0.2) is 0 Å². The third-order valence-electron chi connectivity index (χ3n) is 4.01. The molecule has 116 valence electrons. The highest BCUT2D eigenvalue weighted by Gasteiger charge is 2.29. The first-order valence-corrected chi connectivity index (χ1v) is 7.59. The second-order valence-electron chi connectivity index (χ2n) is 5.21. The lowest BCUT2D eigenvalue weighted by atomic mass is 9.96. The van der Waals surface area contributed by atoms with Gasteiger partial charge in [0.1, 0.15) is 12.1 Å². The summed E-state index contributed by atoms with van der Waals surface area (Å²) in [5, 5.41) is 0. The number of nitrogens with zero attached hydrogens (tertiary/aromatic N) is 4. The molecule has 0 radical (unpaired) electrons. The number of carbonyl (C=O) groups is 1. The number of methoxy groups -OCH3 is 1. The minimum absolute atomic E-state index is 0.0552. The van der Waals surface area contributed by atoms with Gasteiger partial charge < -0.3 is 14.5 Å². The van der Waals surface area contributed by atoms with Crippen LogP contribution in [0.15, 0.2) is 12.4 Å². The lowest BCUT2D eigenvalue weighted by Crippen LogP contribution is -2.45. The fraction of sp³-hybridized carbons (Fsp3) is 0.667. The molecule has 0 N–H and O–H groups in total. The third-order valence-corrected chi connectivity index (χ3v) is 4.01. The zero-order valence-electron chi connectivity index (χ0n) is 13.1. The summed E-state index contributed by atoms with van der Waals surface area (Å²) in [7, 11) is 1.59. The Hall–Kier alpha value is -1.85. The van der Waals surface area contributed by atoms with Gasteiger partial charge >= 0.3 is 0 Å². The Kier molecular flexibility index (Phi) is 5.36. The summed E-state index contributed by atoms with van der Waals surface area (Å²) in [4.78, 5) is 24.9. The van der Waals surface area contributed by atoms with Crippen LogP contribution in [0.25, 0.3) is 0 Å². The molecule has 1 saturated heterocycles. The van der Waals surface area contributed by atoms with E-state index in [1.807, 2.05) is 24.8 Å². The number of carbonyl (C=O) groups excluding carboxylic acids is 1. The first-order valence-electron chi connectivity index (χ1n) is 7.59. The lowest BCUT2D eigenvalue weighted by Gasteiger charge is -2.35.